The van der Waals surface area contributed by atoms with E-state index in [4.69, 9.17) is 0 Å². The fourth-order valence-corrected chi connectivity index (χ4v) is 2.26. The molecule has 6 heteroatoms. The van der Waals surface area contributed by atoms with Gasteiger partial charge in [0.1, 0.15) is 12.2 Å². The molecule has 2 fully saturated rings. The van der Waals surface area contributed by atoms with E-state index in [-0.39, 0.29) is 24.1 Å². The van der Waals surface area contributed by atoms with Crippen LogP contribution in [-0.4, -0.2) is 66.2 Å². The average molecular weight is 212 g/mol. The maximum absolute atomic E-state index is 11.8. The number of carbonyl (C=O) groups excluding carboxylic acids is 2. The van der Waals surface area contributed by atoms with Crippen LogP contribution in [0.5, 0.6) is 0 Å². The van der Waals surface area contributed by atoms with Gasteiger partial charge in [-0.2, -0.15) is 0 Å². The van der Waals surface area contributed by atoms with Crippen LogP contribution in [0.25, 0.3) is 0 Å². The second-order valence-corrected chi connectivity index (χ2v) is 3.95. The smallest absolute Gasteiger partial charge is 0.309 e. The zero-order chi connectivity index (χ0) is 11.2. The van der Waals surface area contributed by atoms with E-state index in [1.807, 2.05) is 6.92 Å². The molecule has 0 aliphatic carbocycles. The van der Waals surface area contributed by atoms with Gasteiger partial charge in [-0.05, 0) is 6.54 Å². The van der Waals surface area contributed by atoms with Crippen LogP contribution >= 0.6 is 0 Å². The van der Waals surface area contributed by atoms with Gasteiger partial charge >= 0.3 is 6.03 Å². The van der Waals surface area contributed by atoms with E-state index >= 15 is 0 Å². The summed E-state index contributed by atoms with van der Waals surface area (Å²) >= 11 is 0. The van der Waals surface area contributed by atoms with Crippen molar-refractivity contribution in [2.24, 2.45) is 0 Å². The standard InChI is InChI=1S/C9H16N4O2/c1-4-13-5-10-6-7(13)11(2)9(15)12(3)8(6)14/h6-7,10H,4-5H2,1-3H3. The molecule has 2 atom stereocenters. The molecule has 0 bridgehead atoms. The van der Waals surface area contributed by atoms with Crippen molar-refractivity contribution in [1.82, 2.24) is 20.0 Å². The number of fused-ring (bicyclic) bond motifs is 1. The molecule has 0 saturated carbocycles. The molecule has 0 aromatic heterocycles. The normalized spacial score (nSPS) is 32.5. The molecule has 0 radical (unpaired) electrons. The number of urea groups is 1. The maximum Gasteiger partial charge on any atom is 0.327 e. The van der Waals surface area contributed by atoms with Gasteiger partial charge in [0.15, 0.2) is 0 Å². The summed E-state index contributed by atoms with van der Waals surface area (Å²) in [6, 6.07) is -0.513. The van der Waals surface area contributed by atoms with Crippen molar-refractivity contribution >= 4 is 11.9 Å². The zero-order valence-corrected chi connectivity index (χ0v) is 9.23. The molecule has 2 heterocycles. The molecule has 2 rings (SSSR count). The second kappa shape index (κ2) is 3.46. The summed E-state index contributed by atoms with van der Waals surface area (Å²) in [5, 5.41) is 3.13. The SMILES string of the molecule is CCN1CNC2C(=O)N(C)C(=O)N(C)C21. The summed E-state index contributed by atoms with van der Waals surface area (Å²) in [6.45, 7) is 3.50. The fourth-order valence-electron chi connectivity index (χ4n) is 2.26. The number of carbonyl (C=O) groups is 2. The van der Waals surface area contributed by atoms with Crippen LogP contribution in [0.3, 0.4) is 0 Å². The minimum absolute atomic E-state index is 0.133. The number of imide groups is 1. The zero-order valence-electron chi connectivity index (χ0n) is 9.23. The Balaban J connectivity index is 2.29. The summed E-state index contributed by atoms with van der Waals surface area (Å²) in [7, 11) is 3.26. The Morgan fingerprint density at radius 1 is 1.40 bits per heavy atom. The van der Waals surface area contributed by atoms with Gasteiger partial charge in [-0.1, -0.05) is 6.92 Å². The van der Waals surface area contributed by atoms with Crippen LogP contribution in [0.1, 0.15) is 6.92 Å². The number of hydrogen-bond acceptors (Lipinski definition) is 4. The van der Waals surface area contributed by atoms with Gasteiger partial charge in [0.2, 0.25) is 0 Å². The predicted octanol–water partition coefficient (Wildman–Crippen LogP) is -0.912. The highest BCUT2D eigenvalue weighted by Gasteiger charge is 2.48. The third kappa shape index (κ3) is 1.32. The number of hydrogen-bond donors (Lipinski definition) is 1. The quantitative estimate of drug-likeness (QED) is 0.611. The monoisotopic (exact) mass is 212 g/mol. The molecule has 2 saturated heterocycles. The predicted molar refractivity (Wildman–Crippen MR) is 53.9 cm³/mol. The van der Waals surface area contributed by atoms with Gasteiger partial charge in [-0.15, -0.1) is 0 Å². The van der Waals surface area contributed by atoms with E-state index in [9.17, 15) is 9.59 Å². The first-order chi connectivity index (χ1) is 7.07. The number of likely N-dealkylation sites (N-methyl/N-ethyl adjacent to an activating group) is 3. The van der Waals surface area contributed by atoms with E-state index in [0.29, 0.717) is 6.67 Å². The van der Waals surface area contributed by atoms with Gasteiger partial charge in [-0.3, -0.25) is 19.9 Å². The number of nitrogens with one attached hydrogen (secondary N) is 1. The lowest BCUT2D eigenvalue weighted by Crippen LogP contribution is -2.65. The van der Waals surface area contributed by atoms with Gasteiger partial charge in [0.05, 0.1) is 6.67 Å². The lowest BCUT2D eigenvalue weighted by molar-refractivity contribution is -0.134. The third-order valence-electron chi connectivity index (χ3n) is 3.17. The second-order valence-electron chi connectivity index (χ2n) is 3.95. The van der Waals surface area contributed by atoms with Crippen LogP contribution in [0.4, 0.5) is 4.79 Å². The largest absolute Gasteiger partial charge is 0.327 e. The van der Waals surface area contributed by atoms with Crippen molar-refractivity contribution in [2.45, 2.75) is 19.1 Å². The molecular formula is C9H16N4O2. The summed E-state index contributed by atoms with van der Waals surface area (Å²) in [5.41, 5.74) is 0. The Labute approximate surface area is 88.8 Å². The maximum atomic E-state index is 11.8. The van der Waals surface area contributed by atoms with E-state index < -0.39 is 0 Å². The lowest BCUT2D eigenvalue weighted by atomic mass is 10.1. The van der Waals surface area contributed by atoms with E-state index in [1.165, 1.54) is 11.9 Å². The Morgan fingerprint density at radius 2 is 2.07 bits per heavy atom. The van der Waals surface area contributed by atoms with Gasteiger partial charge < -0.3 is 4.90 Å². The average Bonchev–Trinajstić information content (AvgIpc) is 2.67. The molecule has 0 spiro atoms. The summed E-state index contributed by atoms with van der Waals surface area (Å²) in [5.74, 6) is -0.140. The molecule has 15 heavy (non-hydrogen) atoms. The minimum atomic E-state index is -0.280. The number of amides is 3. The number of rotatable bonds is 1. The van der Waals surface area contributed by atoms with Gasteiger partial charge in [0, 0.05) is 14.1 Å². The molecular weight excluding hydrogens is 196 g/mol. The summed E-state index contributed by atoms with van der Waals surface area (Å²) in [4.78, 5) is 28.4. The Hall–Kier alpha value is -1.14. The highest BCUT2D eigenvalue weighted by molar-refractivity contribution is 6.00. The molecule has 3 amide bonds. The summed E-state index contributed by atoms with van der Waals surface area (Å²) in [6.07, 6.45) is -0.133. The highest BCUT2D eigenvalue weighted by Crippen LogP contribution is 2.22. The first-order valence-electron chi connectivity index (χ1n) is 5.09. The van der Waals surface area contributed by atoms with E-state index in [2.05, 4.69) is 10.2 Å². The third-order valence-corrected chi connectivity index (χ3v) is 3.17. The molecule has 84 valence electrons. The van der Waals surface area contributed by atoms with Crippen LogP contribution in [-0.2, 0) is 4.79 Å². The van der Waals surface area contributed by atoms with Crippen molar-refractivity contribution in [1.29, 1.82) is 0 Å². The molecule has 0 aromatic carbocycles. The Morgan fingerprint density at radius 3 is 2.67 bits per heavy atom. The van der Waals surface area contributed by atoms with Crippen molar-refractivity contribution in [3.8, 4) is 0 Å². The first-order valence-corrected chi connectivity index (χ1v) is 5.09. The lowest BCUT2D eigenvalue weighted by Gasteiger charge is -2.40. The van der Waals surface area contributed by atoms with Crippen LogP contribution < -0.4 is 5.32 Å². The summed E-state index contributed by atoms with van der Waals surface area (Å²) < 4.78 is 0. The fraction of sp³-hybridized carbons (Fsp3) is 0.778. The van der Waals surface area contributed by atoms with Crippen molar-refractivity contribution < 1.29 is 9.59 Å². The van der Waals surface area contributed by atoms with Gasteiger partial charge in [-0.25, -0.2) is 4.79 Å². The minimum Gasteiger partial charge on any atom is -0.309 e. The van der Waals surface area contributed by atoms with Crippen molar-refractivity contribution in [2.75, 3.05) is 27.3 Å². The Bertz CT molecular complexity index is 306. The molecule has 2 aliphatic heterocycles. The number of nitrogens with zero attached hydrogens (tertiary/aromatic N) is 3. The van der Waals surface area contributed by atoms with Crippen molar-refractivity contribution in [3.05, 3.63) is 0 Å². The van der Waals surface area contributed by atoms with E-state index in [1.54, 1.807) is 11.9 Å². The van der Waals surface area contributed by atoms with E-state index in [0.717, 1.165) is 6.54 Å². The first kappa shape index (κ1) is 10.4. The molecule has 1 N–H and O–H groups in total. The molecule has 0 aromatic rings. The topological polar surface area (TPSA) is 55.9 Å². The Kier molecular flexibility index (Phi) is 2.40. The van der Waals surface area contributed by atoms with Crippen molar-refractivity contribution in [3.63, 3.8) is 0 Å². The molecule has 6 nitrogen and oxygen atoms in total. The van der Waals surface area contributed by atoms with Crippen LogP contribution in [0.15, 0.2) is 0 Å². The molecule has 2 aliphatic rings. The van der Waals surface area contributed by atoms with Gasteiger partial charge in [0.25, 0.3) is 5.91 Å². The van der Waals surface area contributed by atoms with Crippen LogP contribution in [0.2, 0.25) is 0 Å². The molecule has 2 unspecified atom stereocenters. The highest BCUT2D eigenvalue weighted by atomic mass is 16.2. The van der Waals surface area contributed by atoms with Crippen LogP contribution in [0, 0.1) is 0 Å².